The molecule has 1 aromatic carbocycles. The molecule has 1 aliphatic carbocycles. The van der Waals surface area contributed by atoms with Gasteiger partial charge in [0.25, 0.3) is 11.6 Å². The number of ketones is 1. The highest BCUT2D eigenvalue weighted by Gasteiger charge is 2.36. The van der Waals surface area contributed by atoms with Gasteiger partial charge in [-0.1, -0.05) is 20.8 Å². The van der Waals surface area contributed by atoms with E-state index in [4.69, 9.17) is 0 Å². The van der Waals surface area contributed by atoms with E-state index < -0.39 is 4.92 Å². The zero-order chi connectivity index (χ0) is 20.6. The fraction of sp³-hybridized carbons (Fsp3) is 0.450. The molecule has 28 heavy (non-hydrogen) atoms. The van der Waals surface area contributed by atoms with Crippen LogP contribution >= 0.6 is 0 Å². The zero-order valence-corrected chi connectivity index (χ0v) is 16.5. The van der Waals surface area contributed by atoms with Gasteiger partial charge in [0.05, 0.1) is 21.9 Å². The molecule has 0 unspecified atom stereocenters. The molecular formula is C20H24N4O4. The number of amides is 1. The fourth-order valence-electron chi connectivity index (χ4n) is 3.67. The maximum absolute atomic E-state index is 12.6. The molecule has 0 fully saturated rings. The Morgan fingerprint density at radius 3 is 2.71 bits per heavy atom. The van der Waals surface area contributed by atoms with Gasteiger partial charge < -0.3 is 5.32 Å². The standard InChI is InChI=1S/C20H24N4O4/c1-5-8-21-19(26)13-6-7-14(15(9-13)24(27)28)23-16-10-20(3,4)11-17(25)18(16)12(2)22-23/h6-7,9H,5,8,10-11H2,1-4H3,(H,21,26). The van der Waals surface area contributed by atoms with E-state index in [1.165, 1.54) is 16.8 Å². The first-order chi connectivity index (χ1) is 13.1. The lowest BCUT2D eigenvalue weighted by atomic mass is 9.75. The molecule has 1 N–H and O–H groups in total. The van der Waals surface area contributed by atoms with Crippen LogP contribution in [0.3, 0.4) is 0 Å². The number of aromatic nitrogens is 2. The Labute approximate surface area is 163 Å². The van der Waals surface area contributed by atoms with Crippen LogP contribution in [0.4, 0.5) is 5.69 Å². The highest BCUT2D eigenvalue weighted by molar-refractivity contribution is 6.00. The summed E-state index contributed by atoms with van der Waals surface area (Å²) in [5.41, 5.74) is 1.82. The van der Waals surface area contributed by atoms with Gasteiger partial charge in [-0.25, -0.2) is 4.68 Å². The first-order valence-corrected chi connectivity index (χ1v) is 9.33. The molecule has 8 nitrogen and oxygen atoms in total. The molecule has 0 atom stereocenters. The zero-order valence-electron chi connectivity index (χ0n) is 16.5. The number of aryl methyl sites for hydroxylation is 1. The number of hydrogen-bond donors (Lipinski definition) is 1. The molecule has 2 aromatic rings. The van der Waals surface area contributed by atoms with Gasteiger partial charge in [0.15, 0.2) is 5.78 Å². The number of carbonyl (C=O) groups excluding carboxylic acids is 2. The first kappa shape index (κ1) is 19.7. The Morgan fingerprint density at radius 1 is 1.36 bits per heavy atom. The van der Waals surface area contributed by atoms with Gasteiger partial charge >= 0.3 is 0 Å². The largest absolute Gasteiger partial charge is 0.352 e. The number of hydrogen-bond acceptors (Lipinski definition) is 5. The van der Waals surface area contributed by atoms with E-state index in [1.54, 1.807) is 13.0 Å². The highest BCUT2D eigenvalue weighted by atomic mass is 16.6. The minimum absolute atomic E-state index is 0.00761. The van der Waals surface area contributed by atoms with E-state index in [0.717, 1.165) is 6.42 Å². The average molecular weight is 384 g/mol. The van der Waals surface area contributed by atoms with E-state index in [-0.39, 0.29) is 34.0 Å². The Balaban J connectivity index is 2.12. The smallest absolute Gasteiger partial charge is 0.295 e. The molecular weight excluding hydrogens is 360 g/mol. The molecule has 0 saturated carbocycles. The SMILES string of the molecule is CCCNC(=O)c1ccc(-n2nc(C)c3c2CC(C)(C)CC3=O)c([N+](=O)[O-])c1. The summed E-state index contributed by atoms with van der Waals surface area (Å²) in [6.45, 7) is 8.16. The minimum Gasteiger partial charge on any atom is -0.352 e. The molecule has 0 bridgehead atoms. The van der Waals surface area contributed by atoms with Crippen molar-refractivity contribution in [1.82, 2.24) is 15.1 Å². The first-order valence-electron chi connectivity index (χ1n) is 9.33. The number of nitrogens with zero attached hydrogens (tertiary/aromatic N) is 3. The van der Waals surface area contributed by atoms with E-state index >= 15 is 0 Å². The van der Waals surface area contributed by atoms with Crippen LogP contribution in [0.1, 0.15) is 65.7 Å². The predicted molar refractivity (Wildman–Crippen MR) is 104 cm³/mol. The lowest BCUT2D eigenvalue weighted by molar-refractivity contribution is -0.384. The third kappa shape index (κ3) is 3.54. The van der Waals surface area contributed by atoms with Gasteiger partial charge in [-0.3, -0.25) is 19.7 Å². The number of fused-ring (bicyclic) bond motifs is 1. The van der Waals surface area contributed by atoms with Crippen molar-refractivity contribution in [3.05, 3.63) is 50.8 Å². The molecule has 0 saturated heterocycles. The summed E-state index contributed by atoms with van der Waals surface area (Å²) in [4.78, 5) is 36.0. The van der Waals surface area contributed by atoms with Gasteiger partial charge in [-0.2, -0.15) is 5.10 Å². The summed E-state index contributed by atoms with van der Waals surface area (Å²) in [6, 6.07) is 4.34. The fourth-order valence-corrected chi connectivity index (χ4v) is 3.67. The number of nitro groups is 1. The quantitative estimate of drug-likeness (QED) is 0.628. The van der Waals surface area contributed by atoms with Crippen molar-refractivity contribution in [3.63, 3.8) is 0 Å². The van der Waals surface area contributed by atoms with Crippen LogP contribution in [0.5, 0.6) is 0 Å². The highest BCUT2D eigenvalue weighted by Crippen LogP contribution is 2.38. The Kier molecular flexibility index (Phi) is 5.06. The van der Waals surface area contributed by atoms with E-state index in [2.05, 4.69) is 10.4 Å². The number of rotatable bonds is 5. The molecule has 148 valence electrons. The number of Topliss-reactive ketones (excluding diaryl/α,β-unsaturated/α-hetero) is 1. The van der Waals surface area contributed by atoms with Gasteiger partial charge in [0.1, 0.15) is 5.69 Å². The number of nitrogens with one attached hydrogen (secondary N) is 1. The van der Waals surface area contributed by atoms with Crippen LogP contribution in [-0.4, -0.2) is 32.9 Å². The van der Waals surface area contributed by atoms with Crippen molar-refractivity contribution in [2.24, 2.45) is 5.41 Å². The van der Waals surface area contributed by atoms with Crippen molar-refractivity contribution in [2.45, 2.75) is 47.0 Å². The van der Waals surface area contributed by atoms with Crippen LogP contribution < -0.4 is 5.32 Å². The summed E-state index contributed by atoms with van der Waals surface area (Å²) in [5.74, 6) is -0.347. The normalized spacial score (nSPS) is 15.2. The maximum Gasteiger partial charge on any atom is 0.295 e. The predicted octanol–water partition coefficient (Wildman–Crippen LogP) is 3.38. The summed E-state index contributed by atoms with van der Waals surface area (Å²) < 4.78 is 1.50. The van der Waals surface area contributed by atoms with Gasteiger partial charge in [0.2, 0.25) is 0 Å². The topological polar surface area (TPSA) is 107 Å². The van der Waals surface area contributed by atoms with Crippen molar-refractivity contribution in [1.29, 1.82) is 0 Å². The van der Waals surface area contributed by atoms with E-state index in [1.807, 2.05) is 20.8 Å². The second kappa shape index (κ2) is 7.18. The van der Waals surface area contributed by atoms with Gasteiger partial charge in [-0.05, 0) is 37.3 Å². The maximum atomic E-state index is 12.6. The molecule has 8 heteroatoms. The molecule has 1 aliphatic rings. The van der Waals surface area contributed by atoms with Crippen molar-refractivity contribution >= 4 is 17.4 Å². The Morgan fingerprint density at radius 2 is 2.07 bits per heavy atom. The lowest BCUT2D eigenvalue weighted by Gasteiger charge is -2.29. The van der Waals surface area contributed by atoms with Crippen LogP contribution in [-0.2, 0) is 6.42 Å². The molecule has 0 aliphatic heterocycles. The van der Waals surface area contributed by atoms with E-state index in [0.29, 0.717) is 36.3 Å². The van der Waals surface area contributed by atoms with Crippen molar-refractivity contribution < 1.29 is 14.5 Å². The average Bonchev–Trinajstić information content (AvgIpc) is 2.94. The Hall–Kier alpha value is -3.03. The van der Waals surface area contributed by atoms with Gasteiger partial charge in [-0.15, -0.1) is 0 Å². The van der Waals surface area contributed by atoms with Crippen LogP contribution in [0, 0.1) is 22.5 Å². The molecule has 0 spiro atoms. The second-order valence-corrected chi connectivity index (χ2v) is 7.98. The summed E-state index contributed by atoms with van der Waals surface area (Å²) in [5, 5.41) is 18.9. The number of carbonyl (C=O) groups is 2. The lowest BCUT2D eigenvalue weighted by Crippen LogP contribution is -2.28. The van der Waals surface area contributed by atoms with Crippen molar-refractivity contribution in [3.8, 4) is 5.69 Å². The number of nitro benzene ring substituents is 1. The third-order valence-corrected chi connectivity index (χ3v) is 4.92. The second-order valence-electron chi connectivity index (χ2n) is 7.98. The molecule has 1 aromatic heterocycles. The third-order valence-electron chi connectivity index (χ3n) is 4.92. The summed E-state index contributed by atoms with van der Waals surface area (Å²) in [7, 11) is 0. The van der Waals surface area contributed by atoms with Crippen LogP contribution in [0.15, 0.2) is 18.2 Å². The molecule has 3 rings (SSSR count). The van der Waals surface area contributed by atoms with Crippen LogP contribution in [0.2, 0.25) is 0 Å². The monoisotopic (exact) mass is 384 g/mol. The summed E-state index contributed by atoms with van der Waals surface area (Å²) >= 11 is 0. The Bertz CT molecular complexity index is 975. The van der Waals surface area contributed by atoms with Crippen molar-refractivity contribution in [2.75, 3.05) is 6.54 Å². The number of benzene rings is 1. The van der Waals surface area contributed by atoms with Gasteiger partial charge in [0, 0.05) is 24.6 Å². The molecule has 1 amide bonds. The summed E-state index contributed by atoms with van der Waals surface area (Å²) in [6.07, 6.45) is 1.78. The molecule has 1 heterocycles. The van der Waals surface area contributed by atoms with E-state index in [9.17, 15) is 19.7 Å². The minimum atomic E-state index is -0.523. The molecule has 0 radical (unpaired) electrons. The van der Waals surface area contributed by atoms with Crippen LogP contribution in [0.25, 0.3) is 5.69 Å².